The van der Waals surface area contributed by atoms with E-state index in [9.17, 15) is 42.3 Å². The van der Waals surface area contributed by atoms with Crippen molar-refractivity contribution in [1.82, 2.24) is 8.61 Å². The van der Waals surface area contributed by atoms with Crippen molar-refractivity contribution >= 4 is 37.1 Å². The van der Waals surface area contributed by atoms with Crippen molar-refractivity contribution < 1.29 is 31.9 Å². The fraction of sp³-hybridized carbons (Fsp3) is 0.480. The molecule has 2 heterocycles. The summed E-state index contributed by atoms with van der Waals surface area (Å²) >= 11 is 0. The third kappa shape index (κ3) is 5.09. The highest BCUT2D eigenvalue weighted by Crippen LogP contribution is 2.49. The van der Waals surface area contributed by atoms with Crippen molar-refractivity contribution in [3.63, 3.8) is 0 Å². The normalized spacial score (nSPS) is 18.7. The quantitative estimate of drug-likeness (QED) is 0.246. The first kappa shape index (κ1) is 29.0. The van der Waals surface area contributed by atoms with Gasteiger partial charge in [0.2, 0.25) is 20.0 Å². The molecule has 0 unspecified atom stereocenters. The van der Waals surface area contributed by atoms with Gasteiger partial charge in [0.25, 0.3) is 11.4 Å². The van der Waals surface area contributed by atoms with Crippen LogP contribution < -0.4 is 0 Å². The number of rotatable bonds is 6. The molecule has 5 rings (SSSR count). The second-order valence-corrected chi connectivity index (χ2v) is 14.2. The van der Waals surface area contributed by atoms with Gasteiger partial charge in [-0.2, -0.15) is 8.61 Å². The Bertz CT molecular complexity index is 1540. The number of nitrogens with zero attached hydrogens (tertiary/aromatic N) is 5. The van der Waals surface area contributed by atoms with Crippen molar-refractivity contribution in [2.75, 3.05) is 26.2 Å². The summed E-state index contributed by atoms with van der Waals surface area (Å²) in [6, 6.07) is 3.91. The van der Waals surface area contributed by atoms with Gasteiger partial charge in [-0.05, 0) is 37.8 Å². The Morgan fingerprint density at radius 1 is 0.634 bits per heavy atom. The molecule has 41 heavy (non-hydrogen) atoms. The van der Waals surface area contributed by atoms with E-state index in [0.29, 0.717) is 25.7 Å². The largest absolute Gasteiger partial charge is 0.410 e. The molecule has 1 aliphatic carbocycles. The van der Waals surface area contributed by atoms with Crippen LogP contribution in [0.1, 0.15) is 62.5 Å². The van der Waals surface area contributed by atoms with Crippen molar-refractivity contribution in [1.29, 1.82) is 0 Å². The molecule has 0 saturated carbocycles. The predicted octanol–water partition coefficient (Wildman–Crippen LogP) is 3.84. The van der Waals surface area contributed by atoms with E-state index >= 15 is 0 Å². The number of hydrogen-bond donors (Lipinski definition) is 1. The van der Waals surface area contributed by atoms with Gasteiger partial charge in [0.05, 0.1) is 30.8 Å². The molecule has 0 aromatic heterocycles. The van der Waals surface area contributed by atoms with Gasteiger partial charge in [-0.1, -0.05) is 30.8 Å². The first-order chi connectivity index (χ1) is 19.5. The second kappa shape index (κ2) is 11.1. The lowest BCUT2D eigenvalue weighted by atomic mass is 10.0. The summed E-state index contributed by atoms with van der Waals surface area (Å²) in [6.45, 7) is 0.935. The van der Waals surface area contributed by atoms with Crippen LogP contribution in [-0.4, -0.2) is 72.4 Å². The molecule has 2 aromatic carbocycles. The molecule has 3 aliphatic rings. The molecule has 220 valence electrons. The van der Waals surface area contributed by atoms with Gasteiger partial charge >= 0.3 is 0 Å². The number of benzene rings is 2. The summed E-state index contributed by atoms with van der Waals surface area (Å²) in [5, 5.41) is 37.7. The summed E-state index contributed by atoms with van der Waals surface area (Å²) in [6.07, 6.45) is 5.89. The van der Waals surface area contributed by atoms with Crippen LogP contribution in [0.4, 0.5) is 11.4 Å². The molecule has 2 aliphatic heterocycles. The Labute approximate surface area is 236 Å². The van der Waals surface area contributed by atoms with Crippen LogP contribution in [-0.2, 0) is 20.0 Å². The molecule has 2 fully saturated rings. The molecule has 0 amide bonds. The summed E-state index contributed by atoms with van der Waals surface area (Å²) in [5.41, 5.74) is -2.89. The maximum Gasteiger partial charge on any atom is 0.279 e. The van der Waals surface area contributed by atoms with Crippen LogP contribution in [0.15, 0.2) is 39.2 Å². The number of hydrogen-bond acceptors (Lipinski definition) is 10. The third-order valence-electron chi connectivity index (χ3n) is 7.84. The highest BCUT2D eigenvalue weighted by Gasteiger charge is 2.42. The standard InChI is InChI=1S/C25H29N5O9S2/c31-26-25-19-13-17(40(36,37)27-9-5-1-2-6-10-27)15-21(29(32)33)23(19)24-20(25)14-18(16-22(24)30(34)35)41(38,39)28-11-7-3-4-8-12-28/h13-16,31H,1-12H2. The fourth-order valence-electron chi connectivity index (χ4n) is 5.80. The van der Waals surface area contributed by atoms with Crippen LogP contribution in [0.25, 0.3) is 11.1 Å². The Hall–Kier alpha value is -3.47. The van der Waals surface area contributed by atoms with Crippen LogP contribution in [0.2, 0.25) is 0 Å². The van der Waals surface area contributed by atoms with Crippen LogP contribution >= 0.6 is 0 Å². The van der Waals surface area contributed by atoms with E-state index in [0.717, 1.165) is 49.9 Å². The van der Waals surface area contributed by atoms with Gasteiger partial charge in [-0.3, -0.25) is 20.2 Å². The zero-order valence-corrected chi connectivity index (χ0v) is 23.7. The molecular weight excluding hydrogens is 578 g/mol. The van der Waals surface area contributed by atoms with Gasteiger partial charge < -0.3 is 5.21 Å². The number of nitro benzene ring substituents is 2. The lowest BCUT2D eigenvalue weighted by Crippen LogP contribution is -2.32. The Morgan fingerprint density at radius 2 is 0.976 bits per heavy atom. The lowest BCUT2D eigenvalue weighted by molar-refractivity contribution is -0.386. The lowest BCUT2D eigenvalue weighted by Gasteiger charge is -2.20. The van der Waals surface area contributed by atoms with E-state index in [1.165, 1.54) is 8.61 Å². The van der Waals surface area contributed by atoms with Crippen molar-refractivity contribution in [2.24, 2.45) is 5.16 Å². The summed E-state index contributed by atoms with van der Waals surface area (Å²) in [5.74, 6) is 0. The highest BCUT2D eigenvalue weighted by molar-refractivity contribution is 7.89. The Kier molecular flexibility index (Phi) is 7.84. The van der Waals surface area contributed by atoms with Gasteiger partial charge in [0, 0.05) is 49.4 Å². The zero-order chi connectivity index (χ0) is 29.5. The minimum atomic E-state index is -4.20. The van der Waals surface area contributed by atoms with E-state index < -0.39 is 51.1 Å². The average molecular weight is 608 g/mol. The minimum absolute atomic E-state index is 0.211. The number of fused-ring (bicyclic) bond motifs is 3. The monoisotopic (exact) mass is 607 g/mol. The molecule has 0 radical (unpaired) electrons. The molecule has 16 heteroatoms. The topological polar surface area (TPSA) is 194 Å². The van der Waals surface area contributed by atoms with Crippen LogP contribution in [0.5, 0.6) is 0 Å². The number of nitro groups is 2. The van der Waals surface area contributed by atoms with Crippen molar-refractivity contribution in [3.05, 3.63) is 55.6 Å². The molecule has 0 bridgehead atoms. The van der Waals surface area contributed by atoms with Crippen molar-refractivity contribution in [2.45, 2.75) is 61.2 Å². The van der Waals surface area contributed by atoms with Crippen LogP contribution in [0.3, 0.4) is 0 Å². The summed E-state index contributed by atoms with van der Waals surface area (Å²) < 4.78 is 56.7. The van der Waals surface area contributed by atoms with E-state index in [4.69, 9.17) is 0 Å². The molecule has 0 atom stereocenters. The van der Waals surface area contributed by atoms with Crippen LogP contribution in [0, 0.1) is 20.2 Å². The average Bonchev–Trinajstić information content (AvgIpc) is 3.21. The third-order valence-corrected chi connectivity index (χ3v) is 11.6. The van der Waals surface area contributed by atoms with E-state index in [1.54, 1.807) is 0 Å². The smallest absolute Gasteiger partial charge is 0.279 e. The van der Waals surface area contributed by atoms with Gasteiger partial charge in [-0.15, -0.1) is 0 Å². The first-order valence-corrected chi connectivity index (χ1v) is 16.2. The van der Waals surface area contributed by atoms with E-state index in [2.05, 4.69) is 5.16 Å². The first-order valence-electron chi connectivity index (χ1n) is 13.4. The number of oxime groups is 1. The second-order valence-electron chi connectivity index (χ2n) is 10.3. The van der Waals surface area contributed by atoms with Gasteiger partial charge in [0.15, 0.2) is 0 Å². The van der Waals surface area contributed by atoms with Gasteiger partial charge in [0.1, 0.15) is 5.71 Å². The summed E-state index contributed by atoms with van der Waals surface area (Å²) in [7, 11) is -8.40. The molecule has 14 nitrogen and oxygen atoms in total. The fourth-order valence-corrected chi connectivity index (χ4v) is 8.93. The Balaban J connectivity index is 1.72. The SMILES string of the molecule is O=[N+]([O-])c1cc(S(=O)(=O)N2CCCCCC2)cc2c1-c1c(cc(S(=O)(=O)N3CCCCCC3)cc1[N+](=O)[O-])C2=NO. The summed E-state index contributed by atoms with van der Waals surface area (Å²) in [4.78, 5) is 22.0. The minimum Gasteiger partial charge on any atom is -0.410 e. The Morgan fingerprint density at radius 3 is 1.27 bits per heavy atom. The molecule has 0 spiro atoms. The van der Waals surface area contributed by atoms with E-state index in [-0.39, 0.29) is 54.1 Å². The highest BCUT2D eigenvalue weighted by atomic mass is 32.2. The van der Waals surface area contributed by atoms with E-state index in [1.807, 2.05) is 0 Å². The van der Waals surface area contributed by atoms with Gasteiger partial charge in [-0.25, -0.2) is 16.8 Å². The molecular formula is C25H29N5O9S2. The molecule has 2 saturated heterocycles. The van der Waals surface area contributed by atoms with Crippen molar-refractivity contribution in [3.8, 4) is 11.1 Å². The maximum absolute atomic E-state index is 13.6. The number of sulfonamides is 2. The zero-order valence-electron chi connectivity index (χ0n) is 22.1. The maximum atomic E-state index is 13.6. The molecule has 1 N–H and O–H groups in total. The molecule has 2 aromatic rings. The predicted molar refractivity (Wildman–Crippen MR) is 147 cm³/mol.